The summed E-state index contributed by atoms with van der Waals surface area (Å²) in [4.78, 5) is 19.5. The van der Waals surface area contributed by atoms with Gasteiger partial charge in [-0.3, -0.25) is 4.79 Å². The number of carbonyl (C=O) groups excluding carboxylic acids is 1. The van der Waals surface area contributed by atoms with Gasteiger partial charge in [-0.05, 0) is 37.9 Å². The van der Waals surface area contributed by atoms with Gasteiger partial charge in [-0.25, -0.2) is 4.98 Å². The number of aromatic nitrogens is 2. The Morgan fingerprint density at radius 3 is 2.58 bits per heavy atom. The van der Waals surface area contributed by atoms with Crippen molar-refractivity contribution in [2.45, 2.75) is 44.9 Å². The Balaban J connectivity index is 0.00000264. The van der Waals surface area contributed by atoms with Crippen molar-refractivity contribution in [2.24, 2.45) is 5.73 Å². The summed E-state index contributed by atoms with van der Waals surface area (Å²) in [6.45, 7) is 1.45. The van der Waals surface area contributed by atoms with Crippen LogP contribution in [0.5, 0.6) is 0 Å². The highest BCUT2D eigenvalue weighted by Crippen LogP contribution is 2.11. The first-order chi connectivity index (χ1) is 10.8. The number of carbonyl (C=O) groups is 1. The van der Waals surface area contributed by atoms with Crippen LogP contribution in [-0.4, -0.2) is 29.0 Å². The van der Waals surface area contributed by atoms with Gasteiger partial charge < -0.3 is 16.0 Å². The number of unbranched alkanes of at least 4 members (excludes halogenated alkanes) is 3. The van der Waals surface area contributed by atoms with Crippen LogP contribution in [0.4, 0.5) is 0 Å². The highest BCUT2D eigenvalue weighted by atomic mass is 35.5. The van der Waals surface area contributed by atoms with Crippen molar-refractivity contribution in [1.29, 1.82) is 0 Å². The molecule has 0 fully saturated rings. The lowest BCUT2D eigenvalue weighted by Gasteiger charge is -2.04. The van der Waals surface area contributed by atoms with Crippen LogP contribution in [-0.2, 0) is 11.2 Å². The molecule has 0 saturated carbocycles. The summed E-state index contributed by atoms with van der Waals surface area (Å²) in [7, 11) is 0. The van der Waals surface area contributed by atoms with Crippen LogP contribution in [0, 0.1) is 0 Å². The molecule has 4 N–H and O–H groups in total. The van der Waals surface area contributed by atoms with Gasteiger partial charge in [0.2, 0.25) is 5.91 Å². The van der Waals surface area contributed by atoms with Gasteiger partial charge in [0.05, 0.1) is 11.0 Å². The fraction of sp³-hybridized carbons (Fsp3) is 0.529. The van der Waals surface area contributed by atoms with Crippen LogP contribution in [0.15, 0.2) is 24.3 Å². The van der Waals surface area contributed by atoms with Crippen LogP contribution in [0.2, 0.25) is 0 Å². The number of para-hydroxylation sites is 2. The topological polar surface area (TPSA) is 83.8 Å². The summed E-state index contributed by atoms with van der Waals surface area (Å²) in [5.41, 5.74) is 7.50. The lowest BCUT2D eigenvalue weighted by molar-refractivity contribution is -0.121. The smallest absolute Gasteiger partial charge is 0.219 e. The number of amides is 1. The molecule has 1 aromatic carbocycles. The molecule has 7 heteroatoms. The summed E-state index contributed by atoms with van der Waals surface area (Å²) in [6.07, 6.45) is 6.59. The molecule has 0 aliphatic heterocycles. The van der Waals surface area contributed by atoms with E-state index in [0.29, 0.717) is 13.0 Å². The molecular formula is C17H28Cl2N4O. The van der Waals surface area contributed by atoms with Crippen molar-refractivity contribution in [3.63, 3.8) is 0 Å². The molecule has 0 atom stereocenters. The van der Waals surface area contributed by atoms with Gasteiger partial charge >= 0.3 is 0 Å². The summed E-state index contributed by atoms with van der Waals surface area (Å²) in [5, 5.41) is 2.97. The number of hydrogen-bond donors (Lipinski definition) is 3. The van der Waals surface area contributed by atoms with Crippen LogP contribution >= 0.6 is 24.8 Å². The van der Waals surface area contributed by atoms with E-state index in [1.54, 1.807) is 0 Å². The van der Waals surface area contributed by atoms with Gasteiger partial charge in [0.15, 0.2) is 0 Å². The summed E-state index contributed by atoms with van der Waals surface area (Å²) in [5.74, 6) is 1.13. The van der Waals surface area contributed by atoms with Crippen molar-refractivity contribution in [2.75, 3.05) is 13.1 Å². The highest BCUT2D eigenvalue weighted by Gasteiger charge is 2.03. The van der Waals surface area contributed by atoms with Crippen molar-refractivity contribution >= 4 is 41.8 Å². The number of nitrogens with one attached hydrogen (secondary N) is 2. The second-order valence-corrected chi connectivity index (χ2v) is 5.61. The number of halogens is 2. The average molecular weight is 375 g/mol. The van der Waals surface area contributed by atoms with E-state index in [1.807, 2.05) is 24.3 Å². The third-order valence-electron chi connectivity index (χ3n) is 3.71. The number of nitrogens with two attached hydrogens (primary N) is 1. The number of imidazole rings is 1. The molecule has 0 aliphatic rings. The van der Waals surface area contributed by atoms with E-state index in [1.165, 1.54) is 0 Å². The molecule has 0 aliphatic carbocycles. The predicted octanol–water partition coefficient (Wildman–Crippen LogP) is 3.36. The van der Waals surface area contributed by atoms with Gasteiger partial charge in [-0.2, -0.15) is 0 Å². The maximum Gasteiger partial charge on any atom is 0.219 e. The lowest BCUT2D eigenvalue weighted by Crippen LogP contribution is -2.24. The van der Waals surface area contributed by atoms with Crippen LogP contribution in [0.1, 0.15) is 44.3 Å². The normalized spacial score (nSPS) is 10.0. The number of nitrogens with zero attached hydrogens (tertiary/aromatic N) is 1. The number of benzene rings is 1. The maximum atomic E-state index is 11.7. The van der Waals surface area contributed by atoms with Crippen molar-refractivity contribution < 1.29 is 4.79 Å². The minimum atomic E-state index is 0. The Morgan fingerprint density at radius 2 is 1.83 bits per heavy atom. The summed E-state index contributed by atoms with van der Waals surface area (Å²) in [6, 6.07) is 8.01. The number of H-pyrrole nitrogens is 1. The lowest BCUT2D eigenvalue weighted by atomic mass is 10.1. The predicted molar refractivity (Wildman–Crippen MR) is 104 cm³/mol. The summed E-state index contributed by atoms with van der Waals surface area (Å²) >= 11 is 0. The molecule has 1 amide bonds. The number of fused-ring (bicyclic) bond motifs is 1. The first-order valence-electron chi connectivity index (χ1n) is 8.20. The maximum absolute atomic E-state index is 11.7. The van der Waals surface area contributed by atoms with E-state index in [9.17, 15) is 4.79 Å². The molecule has 2 rings (SSSR count). The van der Waals surface area contributed by atoms with Crippen molar-refractivity contribution in [1.82, 2.24) is 15.3 Å². The van der Waals surface area contributed by atoms with E-state index in [0.717, 1.165) is 61.9 Å². The van der Waals surface area contributed by atoms with Crippen molar-refractivity contribution in [3.8, 4) is 0 Å². The standard InChI is InChI=1S/C17H26N4O.2ClH/c18-12-6-2-1-3-11-17(22)19-13-7-10-16-20-14-8-4-5-9-15(14)21-16;;/h4-5,8-9H,1-3,6-7,10-13,18H2,(H,19,22)(H,20,21);2*1H. The van der Waals surface area contributed by atoms with E-state index in [2.05, 4.69) is 15.3 Å². The molecule has 2 aromatic rings. The quantitative estimate of drug-likeness (QED) is 0.557. The SMILES string of the molecule is Cl.Cl.NCCCCCCC(=O)NCCCc1nc2ccccc2[nH]1. The van der Waals surface area contributed by atoms with E-state index < -0.39 is 0 Å². The van der Waals surface area contributed by atoms with Crippen LogP contribution in [0.25, 0.3) is 11.0 Å². The molecule has 1 aromatic heterocycles. The molecule has 0 saturated heterocycles. The Hall–Kier alpha value is -1.30. The largest absolute Gasteiger partial charge is 0.356 e. The summed E-state index contributed by atoms with van der Waals surface area (Å²) < 4.78 is 0. The van der Waals surface area contributed by atoms with Gasteiger partial charge in [0, 0.05) is 19.4 Å². The molecule has 5 nitrogen and oxygen atoms in total. The zero-order chi connectivity index (χ0) is 15.6. The monoisotopic (exact) mass is 374 g/mol. The molecule has 1 heterocycles. The Bertz CT molecular complexity index is 556. The fourth-order valence-electron chi connectivity index (χ4n) is 2.48. The number of hydrogen-bond acceptors (Lipinski definition) is 3. The molecule has 0 spiro atoms. The Kier molecular flexibility index (Phi) is 12.3. The fourth-order valence-corrected chi connectivity index (χ4v) is 2.48. The second-order valence-electron chi connectivity index (χ2n) is 5.61. The van der Waals surface area contributed by atoms with Gasteiger partial charge in [0.25, 0.3) is 0 Å². The minimum Gasteiger partial charge on any atom is -0.356 e. The Labute approximate surface area is 156 Å². The Morgan fingerprint density at radius 1 is 1.08 bits per heavy atom. The number of rotatable bonds is 10. The van der Waals surface area contributed by atoms with E-state index in [4.69, 9.17) is 5.73 Å². The third kappa shape index (κ3) is 7.99. The molecule has 24 heavy (non-hydrogen) atoms. The minimum absolute atomic E-state index is 0. The molecule has 136 valence electrons. The van der Waals surface area contributed by atoms with Gasteiger partial charge in [-0.15, -0.1) is 24.8 Å². The third-order valence-corrected chi connectivity index (χ3v) is 3.71. The molecule has 0 radical (unpaired) electrons. The van der Waals surface area contributed by atoms with Crippen molar-refractivity contribution in [3.05, 3.63) is 30.1 Å². The first kappa shape index (κ1) is 22.7. The van der Waals surface area contributed by atoms with E-state index in [-0.39, 0.29) is 30.7 Å². The van der Waals surface area contributed by atoms with Gasteiger partial charge in [-0.1, -0.05) is 25.0 Å². The molecule has 0 unspecified atom stereocenters. The van der Waals surface area contributed by atoms with E-state index >= 15 is 0 Å². The van der Waals surface area contributed by atoms with Gasteiger partial charge in [0.1, 0.15) is 5.82 Å². The number of aryl methyl sites for hydroxylation is 1. The first-order valence-corrected chi connectivity index (χ1v) is 8.20. The zero-order valence-electron chi connectivity index (χ0n) is 13.9. The van der Waals surface area contributed by atoms with Crippen LogP contribution < -0.4 is 11.1 Å². The van der Waals surface area contributed by atoms with Crippen LogP contribution in [0.3, 0.4) is 0 Å². The molecule has 0 bridgehead atoms. The number of aromatic amines is 1. The average Bonchev–Trinajstić information content (AvgIpc) is 2.94. The second kappa shape index (κ2) is 13.0. The zero-order valence-corrected chi connectivity index (χ0v) is 15.6. The highest BCUT2D eigenvalue weighted by molar-refractivity contribution is 5.85. The molecular weight excluding hydrogens is 347 g/mol.